The van der Waals surface area contributed by atoms with Gasteiger partial charge in [-0.05, 0) is 43.2 Å². The van der Waals surface area contributed by atoms with Crippen LogP contribution in [0.1, 0.15) is 49.7 Å². The molecule has 0 spiro atoms. The van der Waals surface area contributed by atoms with Gasteiger partial charge in [0.25, 0.3) is 0 Å². The highest BCUT2D eigenvalue weighted by Crippen LogP contribution is 2.36. The molecule has 1 aliphatic heterocycles. The number of sulfonamides is 1. The lowest BCUT2D eigenvalue weighted by atomic mass is 9.75. The van der Waals surface area contributed by atoms with Gasteiger partial charge in [-0.15, -0.1) is 0 Å². The van der Waals surface area contributed by atoms with Crippen molar-refractivity contribution >= 4 is 22.0 Å². The number of benzene rings is 1. The molecule has 1 saturated carbocycles. The zero-order valence-electron chi connectivity index (χ0n) is 16.1. The number of fused-ring (bicyclic) bond motifs is 1. The van der Waals surface area contributed by atoms with E-state index in [0.717, 1.165) is 42.0 Å². The van der Waals surface area contributed by atoms with E-state index in [9.17, 15) is 13.2 Å². The predicted octanol–water partition coefficient (Wildman–Crippen LogP) is 3.31. The van der Waals surface area contributed by atoms with Crippen LogP contribution >= 0.6 is 0 Å². The largest absolute Gasteiger partial charge is 0.342 e. The zero-order chi connectivity index (χ0) is 19.3. The lowest BCUT2D eigenvalue weighted by Crippen LogP contribution is -2.45. The summed E-state index contributed by atoms with van der Waals surface area (Å²) >= 11 is 0. The van der Waals surface area contributed by atoms with Crippen LogP contribution in [-0.4, -0.2) is 38.9 Å². The summed E-state index contributed by atoms with van der Waals surface area (Å²) in [5.41, 5.74) is 1.96. The van der Waals surface area contributed by atoms with E-state index in [0.29, 0.717) is 5.92 Å². The highest BCUT2D eigenvalue weighted by atomic mass is 32.2. The van der Waals surface area contributed by atoms with Crippen LogP contribution in [-0.2, 0) is 14.8 Å². The van der Waals surface area contributed by atoms with Gasteiger partial charge >= 0.3 is 0 Å². The second-order valence-electron chi connectivity index (χ2n) is 7.84. The summed E-state index contributed by atoms with van der Waals surface area (Å²) in [5, 5.41) is 1.16. The average Bonchev–Trinajstić information content (AvgIpc) is 2.67. The molecule has 0 bridgehead atoms. The molecule has 2 fully saturated rings. The molecule has 27 heavy (non-hydrogen) atoms. The monoisotopic (exact) mass is 390 g/mol. The number of likely N-dealkylation sites (tertiary alicyclic amines) is 1. The van der Waals surface area contributed by atoms with Crippen LogP contribution < -0.4 is 4.72 Å². The van der Waals surface area contributed by atoms with Gasteiger partial charge in [-0.3, -0.25) is 4.79 Å². The predicted molar refractivity (Wildman–Crippen MR) is 108 cm³/mol. The van der Waals surface area contributed by atoms with Gasteiger partial charge in [-0.2, -0.15) is 0 Å². The van der Waals surface area contributed by atoms with Gasteiger partial charge < -0.3 is 4.90 Å². The molecule has 148 valence electrons. The van der Waals surface area contributed by atoms with E-state index in [-0.39, 0.29) is 18.9 Å². The molecular weight excluding hydrogens is 360 g/mol. The van der Waals surface area contributed by atoms with Crippen molar-refractivity contribution in [2.75, 3.05) is 19.6 Å². The van der Waals surface area contributed by atoms with Crippen molar-refractivity contribution in [1.82, 2.24) is 9.62 Å². The Morgan fingerprint density at radius 2 is 1.85 bits per heavy atom. The van der Waals surface area contributed by atoms with Crippen molar-refractivity contribution in [3.63, 3.8) is 0 Å². The fraction of sp³-hybridized carbons (Fsp3) is 0.571. The molecule has 5 nitrogen and oxygen atoms in total. The molecule has 0 radical (unpaired) electrons. The fourth-order valence-electron chi connectivity index (χ4n) is 4.18. The number of hydrogen-bond acceptors (Lipinski definition) is 3. The third kappa shape index (κ3) is 5.91. The van der Waals surface area contributed by atoms with Crippen LogP contribution in [0.25, 0.3) is 6.08 Å². The molecule has 3 rings (SSSR count). The normalized spacial score (nSPS) is 23.4. The van der Waals surface area contributed by atoms with Crippen LogP contribution in [0.2, 0.25) is 0 Å². The Labute approximate surface area is 162 Å². The molecule has 1 heterocycles. The minimum absolute atomic E-state index is 0.0595. The summed E-state index contributed by atoms with van der Waals surface area (Å²) in [5.74, 6) is 1.49. The molecule has 1 aromatic carbocycles. The molecule has 2 aliphatic rings. The molecule has 1 aliphatic carbocycles. The van der Waals surface area contributed by atoms with Gasteiger partial charge in [0.05, 0.1) is 0 Å². The highest BCUT2D eigenvalue weighted by molar-refractivity contribution is 7.92. The Bertz CT molecular complexity index is 771. The fourth-order valence-corrected chi connectivity index (χ4v) is 5.00. The smallest absolute Gasteiger partial charge is 0.233 e. The number of aryl methyl sites for hydroxylation is 1. The van der Waals surface area contributed by atoms with E-state index in [2.05, 4.69) is 4.72 Å². The van der Waals surface area contributed by atoms with E-state index in [1.807, 2.05) is 36.1 Å². The molecule has 1 aromatic rings. The third-order valence-electron chi connectivity index (χ3n) is 5.80. The minimum atomic E-state index is -3.54. The number of hydrogen-bond donors (Lipinski definition) is 1. The first-order valence-corrected chi connectivity index (χ1v) is 11.5. The van der Waals surface area contributed by atoms with Crippen molar-refractivity contribution in [1.29, 1.82) is 0 Å². The molecule has 0 unspecified atom stereocenters. The van der Waals surface area contributed by atoms with Gasteiger partial charge in [-0.25, -0.2) is 13.1 Å². The third-order valence-corrected chi connectivity index (χ3v) is 6.90. The van der Waals surface area contributed by atoms with Crippen LogP contribution in [0.3, 0.4) is 0 Å². The summed E-state index contributed by atoms with van der Waals surface area (Å²) < 4.78 is 26.7. The van der Waals surface area contributed by atoms with Crippen molar-refractivity contribution < 1.29 is 13.2 Å². The average molecular weight is 391 g/mol. The van der Waals surface area contributed by atoms with Crippen LogP contribution in [0.15, 0.2) is 29.7 Å². The first-order chi connectivity index (χ1) is 12.9. The molecule has 1 amide bonds. The number of nitrogens with zero attached hydrogens (tertiary/aromatic N) is 1. The van der Waals surface area contributed by atoms with Crippen LogP contribution in [0, 0.1) is 18.8 Å². The Morgan fingerprint density at radius 1 is 1.15 bits per heavy atom. The van der Waals surface area contributed by atoms with E-state index in [1.54, 1.807) is 6.08 Å². The molecule has 2 atom stereocenters. The van der Waals surface area contributed by atoms with E-state index >= 15 is 0 Å². The second kappa shape index (κ2) is 9.02. The first kappa shape index (κ1) is 20.1. The lowest BCUT2D eigenvalue weighted by molar-refractivity contribution is -0.134. The van der Waals surface area contributed by atoms with Crippen LogP contribution in [0.4, 0.5) is 0 Å². The topological polar surface area (TPSA) is 66.5 Å². The Kier molecular flexibility index (Phi) is 6.71. The van der Waals surface area contributed by atoms with E-state index in [1.165, 1.54) is 25.7 Å². The number of piperidine rings is 1. The van der Waals surface area contributed by atoms with Gasteiger partial charge in [-0.1, -0.05) is 49.1 Å². The number of rotatable bonds is 6. The SMILES string of the molecule is Cc1ccc(/C=C/S(=O)(=O)NCCC(=O)N2CC[C@@H]3CCCC[C@@H]3C2)cc1. The Hall–Kier alpha value is -1.66. The minimum Gasteiger partial charge on any atom is -0.342 e. The van der Waals surface area contributed by atoms with Gasteiger partial charge in [0, 0.05) is 31.5 Å². The Morgan fingerprint density at radius 3 is 2.59 bits per heavy atom. The second-order valence-corrected chi connectivity index (χ2v) is 9.49. The summed E-state index contributed by atoms with van der Waals surface area (Å²) in [6.07, 6.45) is 8.02. The van der Waals surface area contributed by atoms with Crippen molar-refractivity contribution in [2.24, 2.45) is 11.8 Å². The summed E-state index contributed by atoms with van der Waals surface area (Å²) in [7, 11) is -3.54. The lowest BCUT2D eigenvalue weighted by Gasteiger charge is -2.41. The van der Waals surface area contributed by atoms with E-state index in [4.69, 9.17) is 0 Å². The number of amides is 1. The summed E-state index contributed by atoms with van der Waals surface area (Å²) in [6.45, 7) is 3.80. The number of carbonyl (C=O) groups is 1. The van der Waals surface area contributed by atoms with Gasteiger partial charge in [0.2, 0.25) is 15.9 Å². The summed E-state index contributed by atoms with van der Waals surface area (Å²) in [6, 6.07) is 7.63. The van der Waals surface area contributed by atoms with E-state index < -0.39 is 10.0 Å². The molecular formula is C21H30N2O3S. The van der Waals surface area contributed by atoms with Crippen LogP contribution in [0.5, 0.6) is 0 Å². The highest BCUT2D eigenvalue weighted by Gasteiger charge is 2.32. The van der Waals surface area contributed by atoms with Gasteiger partial charge in [0.1, 0.15) is 0 Å². The number of nitrogens with one attached hydrogen (secondary N) is 1. The molecule has 0 aromatic heterocycles. The van der Waals surface area contributed by atoms with Crippen molar-refractivity contribution in [3.8, 4) is 0 Å². The maximum Gasteiger partial charge on any atom is 0.233 e. The standard InChI is InChI=1S/C21H30N2O3S/c1-17-6-8-18(9-7-17)12-15-27(25,26)22-13-10-21(24)23-14-11-19-4-2-3-5-20(19)16-23/h6-9,12,15,19-20,22H,2-5,10-11,13-14,16H2,1H3/b15-12+/t19-,20+/m0/s1. The van der Waals surface area contributed by atoms with Gasteiger partial charge in [0.15, 0.2) is 0 Å². The maximum atomic E-state index is 12.4. The van der Waals surface area contributed by atoms with Crippen molar-refractivity contribution in [2.45, 2.75) is 45.4 Å². The zero-order valence-corrected chi connectivity index (χ0v) is 16.9. The maximum absolute atomic E-state index is 12.4. The van der Waals surface area contributed by atoms with Crippen molar-refractivity contribution in [3.05, 3.63) is 40.8 Å². The Balaban J connectivity index is 1.44. The number of carbonyl (C=O) groups excluding carboxylic acids is 1. The quantitative estimate of drug-likeness (QED) is 0.810. The summed E-state index contributed by atoms with van der Waals surface area (Å²) in [4.78, 5) is 14.4. The molecule has 6 heteroatoms. The molecule has 1 saturated heterocycles. The first-order valence-electron chi connectivity index (χ1n) is 9.95. The molecule has 1 N–H and O–H groups in total.